The average Bonchev–Trinajstić information content (AvgIpc) is 3.08. The van der Waals surface area contributed by atoms with E-state index < -0.39 is 5.41 Å². The number of hydrogen-bond acceptors (Lipinski definition) is 1. The second-order valence-corrected chi connectivity index (χ2v) is 11.8. The van der Waals surface area contributed by atoms with Gasteiger partial charge in [0.05, 0.1) is 11.1 Å². The van der Waals surface area contributed by atoms with Crippen molar-refractivity contribution < 1.29 is 0 Å². The number of nitrogens with zero attached hydrogens (tertiary/aromatic N) is 1. The van der Waals surface area contributed by atoms with Gasteiger partial charge in [-0.3, -0.25) is 4.98 Å². The number of pyridine rings is 1. The van der Waals surface area contributed by atoms with Gasteiger partial charge in [-0.15, -0.1) is 0 Å². The number of aromatic nitrogens is 1. The van der Waals surface area contributed by atoms with Gasteiger partial charge in [-0.1, -0.05) is 114 Å². The van der Waals surface area contributed by atoms with E-state index >= 15 is 0 Å². The number of aryl methyl sites for hydroxylation is 1. The molecule has 0 spiro atoms. The van der Waals surface area contributed by atoms with Crippen LogP contribution >= 0.6 is 0 Å². The molecule has 0 fully saturated rings. The summed E-state index contributed by atoms with van der Waals surface area (Å²) in [4.78, 5) is 5.19. The van der Waals surface area contributed by atoms with Gasteiger partial charge in [0.25, 0.3) is 0 Å². The molecule has 1 aliphatic carbocycles. The number of fused-ring (bicyclic) bond motifs is 3. The Bertz CT molecular complexity index is 1300. The molecule has 0 radical (unpaired) electrons. The highest BCUT2D eigenvalue weighted by Gasteiger charge is 2.48. The molecule has 1 heteroatoms. The van der Waals surface area contributed by atoms with Gasteiger partial charge in [0.2, 0.25) is 0 Å². The molecule has 0 N–H and O–H groups in total. The summed E-state index contributed by atoms with van der Waals surface area (Å²) in [5.41, 5.74) is 11.1. The zero-order valence-electron chi connectivity index (χ0n) is 21.5. The lowest BCUT2D eigenvalue weighted by atomic mass is 9.68. The predicted octanol–water partition coefficient (Wildman–Crippen LogP) is 8.35. The van der Waals surface area contributed by atoms with Gasteiger partial charge in [0, 0.05) is 5.69 Å². The minimum Gasteiger partial charge on any atom is -0.257 e. The van der Waals surface area contributed by atoms with Gasteiger partial charge in [-0.05, 0) is 68.8 Å². The third-order valence-corrected chi connectivity index (χ3v) is 7.35. The lowest BCUT2D eigenvalue weighted by Gasteiger charge is -2.34. The van der Waals surface area contributed by atoms with E-state index in [4.69, 9.17) is 4.98 Å². The summed E-state index contributed by atoms with van der Waals surface area (Å²) in [6.07, 6.45) is 0. The Balaban J connectivity index is 1.97. The molecular weight excluding hydrogens is 410 g/mol. The molecule has 4 aromatic rings. The average molecular weight is 446 g/mol. The largest absolute Gasteiger partial charge is 0.257 e. The summed E-state index contributed by atoms with van der Waals surface area (Å²) in [7, 11) is 0. The summed E-state index contributed by atoms with van der Waals surface area (Å²) < 4.78 is 0. The molecular formula is C33H35N. The minimum absolute atomic E-state index is 0.0584. The van der Waals surface area contributed by atoms with Crippen LogP contribution in [0.1, 0.15) is 80.7 Å². The Morgan fingerprint density at radius 3 is 1.59 bits per heavy atom. The molecule has 172 valence electrons. The van der Waals surface area contributed by atoms with Gasteiger partial charge >= 0.3 is 0 Å². The number of benzene rings is 3. The molecule has 1 aliphatic rings. The fraction of sp³-hybridized carbons (Fsp3) is 0.303. The van der Waals surface area contributed by atoms with Crippen LogP contribution in [0.3, 0.4) is 0 Å². The first-order valence-electron chi connectivity index (χ1n) is 12.3. The van der Waals surface area contributed by atoms with Crippen LogP contribution in [0.15, 0.2) is 84.9 Å². The predicted molar refractivity (Wildman–Crippen MR) is 144 cm³/mol. The first kappa shape index (κ1) is 22.6. The van der Waals surface area contributed by atoms with E-state index in [1.807, 2.05) is 0 Å². The van der Waals surface area contributed by atoms with Crippen LogP contribution in [0.5, 0.6) is 0 Å². The zero-order chi connectivity index (χ0) is 24.3. The number of hydrogen-bond donors (Lipinski definition) is 0. The van der Waals surface area contributed by atoms with Crippen LogP contribution in [0.4, 0.5) is 0 Å². The molecule has 0 aliphatic heterocycles. The maximum absolute atomic E-state index is 5.19. The maximum Gasteiger partial charge on any atom is 0.0886 e. The van der Waals surface area contributed by atoms with E-state index in [2.05, 4.69) is 133 Å². The molecule has 1 heterocycles. The van der Waals surface area contributed by atoms with Crippen molar-refractivity contribution in [2.75, 3.05) is 0 Å². The summed E-state index contributed by atoms with van der Waals surface area (Å²) in [6, 6.07) is 31.6. The lowest BCUT2D eigenvalue weighted by Crippen LogP contribution is -2.31. The van der Waals surface area contributed by atoms with E-state index in [1.54, 1.807) is 0 Å². The van der Waals surface area contributed by atoms with Gasteiger partial charge in [0.1, 0.15) is 0 Å². The van der Waals surface area contributed by atoms with Crippen LogP contribution in [0.2, 0.25) is 0 Å². The van der Waals surface area contributed by atoms with E-state index in [-0.39, 0.29) is 10.8 Å². The van der Waals surface area contributed by atoms with E-state index in [0.717, 1.165) is 11.4 Å². The third kappa shape index (κ3) is 3.41. The Morgan fingerprint density at radius 2 is 1.12 bits per heavy atom. The van der Waals surface area contributed by atoms with Crippen LogP contribution in [-0.4, -0.2) is 4.98 Å². The fourth-order valence-corrected chi connectivity index (χ4v) is 5.43. The van der Waals surface area contributed by atoms with Crippen LogP contribution in [0, 0.1) is 6.92 Å². The first-order chi connectivity index (χ1) is 16.0. The molecule has 34 heavy (non-hydrogen) atoms. The number of rotatable bonds is 2. The van der Waals surface area contributed by atoms with Crippen molar-refractivity contribution in [2.24, 2.45) is 0 Å². The van der Waals surface area contributed by atoms with Gasteiger partial charge in [-0.2, -0.15) is 0 Å². The quantitative estimate of drug-likeness (QED) is 0.266. The smallest absolute Gasteiger partial charge is 0.0886 e. The van der Waals surface area contributed by atoms with Crippen molar-refractivity contribution in [3.8, 4) is 11.1 Å². The third-order valence-electron chi connectivity index (χ3n) is 7.35. The van der Waals surface area contributed by atoms with Crippen LogP contribution in [0.25, 0.3) is 11.1 Å². The van der Waals surface area contributed by atoms with Crippen LogP contribution < -0.4 is 0 Å². The Labute approximate surface area is 204 Å². The minimum atomic E-state index is -0.458. The summed E-state index contributed by atoms with van der Waals surface area (Å²) >= 11 is 0. The van der Waals surface area contributed by atoms with E-state index in [0.29, 0.717) is 0 Å². The Kier molecular flexibility index (Phi) is 5.09. The SMILES string of the molecule is Cc1cccc(C2(c3ccccc3)c3cc(C(C)(C)C)ccc3-c3ccc(C(C)(C)C)cc32)n1. The van der Waals surface area contributed by atoms with E-state index in [9.17, 15) is 0 Å². The van der Waals surface area contributed by atoms with Crippen molar-refractivity contribution in [2.45, 2.75) is 64.7 Å². The zero-order valence-corrected chi connectivity index (χ0v) is 21.5. The first-order valence-corrected chi connectivity index (χ1v) is 12.3. The molecule has 1 aromatic heterocycles. The van der Waals surface area contributed by atoms with E-state index in [1.165, 1.54) is 38.9 Å². The molecule has 0 atom stereocenters. The lowest BCUT2D eigenvalue weighted by molar-refractivity contribution is 0.585. The second kappa shape index (κ2) is 7.67. The maximum atomic E-state index is 5.19. The summed E-state index contributed by atoms with van der Waals surface area (Å²) in [6.45, 7) is 15.9. The molecule has 5 rings (SSSR count). The van der Waals surface area contributed by atoms with Gasteiger partial charge < -0.3 is 0 Å². The molecule has 0 unspecified atom stereocenters. The van der Waals surface area contributed by atoms with Crippen molar-refractivity contribution in [1.29, 1.82) is 0 Å². The van der Waals surface area contributed by atoms with Crippen molar-refractivity contribution >= 4 is 0 Å². The molecule has 0 saturated carbocycles. The second-order valence-electron chi connectivity index (χ2n) is 11.8. The molecule has 3 aromatic carbocycles. The molecule has 0 saturated heterocycles. The Hall–Kier alpha value is -3.19. The summed E-state index contributed by atoms with van der Waals surface area (Å²) in [5, 5.41) is 0. The summed E-state index contributed by atoms with van der Waals surface area (Å²) in [5.74, 6) is 0. The van der Waals surface area contributed by atoms with Crippen molar-refractivity contribution in [1.82, 2.24) is 4.98 Å². The fourth-order valence-electron chi connectivity index (χ4n) is 5.43. The van der Waals surface area contributed by atoms with Crippen molar-refractivity contribution in [3.63, 3.8) is 0 Å². The molecule has 1 nitrogen and oxygen atoms in total. The topological polar surface area (TPSA) is 12.9 Å². The Morgan fingerprint density at radius 1 is 0.588 bits per heavy atom. The van der Waals surface area contributed by atoms with Crippen molar-refractivity contribution in [3.05, 3.63) is 124 Å². The standard InChI is InChI=1S/C33H35N/c1-22-12-11-15-30(34-22)33(23-13-9-8-10-14-23)28-20-24(31(2,3)4)16-18-26(28)27-19-17-25(21-29(27)33)32(5,6)7/h8-21H,1-7H3. The van der Waals surface area contributed by atoms with Gasteiger partial charge in [-0.25, -0.2) is 0 Å². The molecule has 0 amide bonds. The highest BCUT2D eigenvalue weighted by atomic mass is 14.7. The normalized spacial score (nSPS) is 14.6. The van der Waals surface area contributed by atoms with Gasteiger partial charge in [0.15, 0.2) is 0 Å². The van der Waals surface area contributed by atoms with Crippen LogP contribution in [-0.2, 0) is 16.2 Å². The highest BCUT2D eigenvalue weighted by Crippen LogP contribution is 2.56. The molecule has 0 bridgehead atoms. The highest BCUT2D eigenvalue weighted by molar-refractivity contribution is 5.86. The monoisotopic (exact) mass is 445 g/mol.